The van der Waals surface area contributed by atoms with Crippen LogP contribution in [0.15, 0.2) is 11.6 Å². The fourth-order valence-corrected chi connectivity index (χ4v) is 8.19. The Kier molecular flexibility index (Phi) is 7.68. The number of fused-ring (bicyclic) bond motifs is 5. The van der Waals surface area contributed by atoms with E-state index in [1.165, 1.54) is 5.57 Å². The van der Waals surface area contributed by atoms with Crippen molar-refractivity contribution < 1.29 is 23.9 Å². The summed E-state index contributed by atoms with van der Waals surface area (Å²) in [6, 6.07) is -0.126. The van der Waals surface area contributed by atoms with Crippen molar-refractivity contribution >= 4 is 17.8 Å². The first-order valence-corrected chi connectivity index (χ1v) is 14.0. The third-order valence-corrected chi connectivity index (χ3v) is 9.91. The number of hydrogen-bond acceptors (Lipinski definition) is 5. The van der Waals surface area contributed by atoms with Crippen molar-refractivity contribution in [1.29, 1.82) is 0 Å². The summed E-state index contributed by atoms with van der Waals surface area (Å²) in [5, 5.41) is 3.19. The molecular weight excluding hydrogens is 442 g/mol. The summed E-state index contributed by atoms with van der Waals surface area (Å²) in [7, 11) is 0. The minimum Gasteiger partial charge on any atom is -0.462 e. The van der Waals surface area contributed by atoms with E-state index in [0.29, 0.717) is 30.6 Å². The minimum absolute atomic E-state index is 0.0109. The van der Waals surface area contributed by atoms with Gasteiger partial charge in [0.05, 0.1) is 6.04 Å². The van der Waals surface area contributed by atoms with E-state index in [2.05, 4.69) is 25.2 Å². The summed E-state index contributed by atoms with van der Waals surface area (Å²) >= 11 is 0. The number of carbonyl (C=O) groups is 3. The first-order valence-electron chi connectivity index (χ1n) is 14.0. The maximum absolute atomic E-state index is 12.4. The van der Waals surface area contributed by atoms with Gasteiger partial charge in [-0.25, -0.2) is 0 Å². The first-order chi connectivity index (χ1) is 16.6. The molecule has 1 N–H and O–H groups in total. The average molecular weight is 488 g/mol. The van der Waals surface area contributed by atoms with E-state index in [1.807, 2.05) is 13.8 Å². The van der Waals surface area contributed by atoms with Crippen molar-refractivity contribution in [3.05, 3.63) is 11.6 Å². The van der Waals surface area contributed by atoms with Crippen LogP contribution in [-0.2, 0) is 23.9 Å². The molecule has 0 aromatic heterocycles. The summed E-state index contributed by atoms with van der Waals surface area (Å²) in [4.78, 5) is 36.7. The quantitative estimate of drug-likeness (QED) is 0.379. The van der Waals surface area contributed by atoms with E-state index in [-0.39, 0.29) is 46.9 Å². The van der Waals surface area contributed by atoms with Crippen LogP contribution in [0.4, 0.5) is 0 Å². The Morgan fingerprint density at radius 1 is 1.00 bits per heavy atom. The lowest BCUT2D eigenvalue weighted by Crippen LogP contribution is -2.55. The van der Waals surface area contributed by atoms with Crippen molar-refractivity contribution in [2.75, 3.05) is 0 Å². The molecule has 6 nitrogen and oxygen atoms in total. The molecule has 0 radical (unpaired) electrons. The normalized spacial score (nSPS) is 40.0. The summed E-state index contributed by atoms with van der Waals surface area (Å²) in [5.74, 6) is 1.24. The lowest BCUT2D eigenvalue weighted by atomic mass is 9.48. The standard InChI is InChI=1S/C29H45NO5/c1-6-8-25(32)34-20-12-14-28(4)19(16-20)10-11-21-22(28)13-15-29(5)23(21)17-24(27(29)30-18(3)31)35-26(33)9-7-2/h10,20-24,27H,6-9,11-17H2,1-5H3,(H,30,31)/t20-,21+,22-,23-,24-,27-,28-,29-/m0/s1. The maximum atomic E-state index is 12.4. The Morgan fingerprint density at radius 3 is 2.34 bits per heavy atom. The SMILES string of the molecule is CCCC(=O)O[C@H]1CC[C@@]2(C)C(=CC[C@H]3[C@@H]4C[C@H](OC(=O)CCC)[C@H](NC(C)=O)[C@@]4(C)CC[C@@H]32)C1. The average Bonchev–Trinajstić information content (AvgIpc) is 3.05. The van der Waals surface area contributed by atoms with E-state index in [9.17, 15) is 14.4 Å². The Labute approximate surface area is 211 Å². The Balaban J connectivity index is 1.54. The molecule has 0 saturated heterocycles. The van der Waals surface area contributed by atoms with Crippen LogP contribution in [0.1, 0.15) is 105 Å². The highest BCUT2D eigenvalue weighted by atomic mass is 16.5. The highest BCUT2D eigenvalue weighted by molar-refractivity contribution is 5.74. The van der Waals surface area contributed by atoms with Gasteiger partial charge in [0.25, 0.3) is 0 Å². The molecular formula is C29H45NO5. The van der Waals surface area contributed by atoms with E-state index in [4.69, 9.17) is 9.47 Å². The fraction of sp³-hybridized carbons (Fsp3) is 0.828. The zero-order valence-electron chi connectivity index (χ0n) is 22.4. The molecule has 0 unspecified atom stereocenters. The second-order valence-corrected chi connectivity index (χ2v) is 12.1. The van der Waals surface area contributed by atoms with Crippen LogP contribution in [0.3, 0.4) is 0 Å². The molecule has 0 bridgehead atoms. The number of rotatable bonds is 7. The molecule has 0 aromatic rings. The van der Waals surface area contributed by atoms with Gasteiger partial charge >= 0.3 is 11.9 Å². The lowest BCUT2D eigenvalue weighted by Gasteiger charge is -2.57. The molecule has 4 rings (SSSR count). The molecule has 0 aromatic carbocycles. The van der Waals surface area contributed by atoms with Crippen molar-refractivity contribution in [2.24, 2.45) is 28.6 Å². The van der Waals surface area contributed by atoms with Gasteiger partial charge in [-0.2, -0.15) is 0 Å². The van der Waals surface area contributed by atoms with Crippen LogP contribution < -0.4 is 5.32 Å². The third kappa shape index (κ3) is 4.91. The van der Waals surface area contributed by atoms with Gasteiger partial charge in [-0.3, -0.25) is 14.4 Å². The summed E-state index contributed by atoms with van der Waals surface area (Å²) < 4.78 is 11.8. The fourth-order valence-electron chi connectivity index (χ4n) is 8.19. The number of hydrogen-bond donors (Lipinski definition) is 1. The van der Waals surface area contributed by atoms with Gasteiger partial charge < -0.3 is 14.8 Å². The molecule has 8 atom stereocenters. The predicted molar refractivity (Wildman–Crippen MR) is 134 cm³/mol. The largest absolute Gasteiger partial charge is 0.462 e. The maximum Gasteiger partial charge on any atom is 0.306 e. The minimum atomic E-state index is -0.251. The van der Waals surface area contributed by atoms with Crippen LogP contribution in [-0.4, -0.2) is 36.1 Å². The highest BCUT2D eigenvalue weighted by Gasteiger charge is 2.62. The summed E-state index contributed by atoms with van der Waals surface area (Å²) in [6.45, 7) is 10.3. The number of allylic oxidation sites excluding steroid dienone is 1. The highest BCUT2D eigenvalue weighted by Crippen LogP contribution is 2.65. The van der Waals surface area contributed by atoms with Crippen molar-refractivity contribution in [3.8, 4) is 0 Å². The van der Waals surface area contributed by atoms with Crippen molar-refractivity contribution in [2.45, 2.75) is 123 Å². The second kappa shape index (κ2) is 10.3. The Morgan fingerprint density at radius 2 is 1.69 bits per heavy atom. The van der Waals surface area contributed by atoms with E-state index < -0.39 is 0 Å². The molecule has 0 spiro atoms. The lowest BCUT2D eigenvalue weighted by molar-refractivity contribution is -0.152. The number of nitrogens with one attached hydrogen (secondary N) is 1. The number of amides is 1. The monoisotopic (exact) mass is 487 g/mol. The molecule has 0 aliphatic heterocycles. The molecule has 35 heavy (non-hydrogen) atoms. The van der Waals surface area contributed by atoms with Crippen LogP contribution in [0.25, 0.3) is 0 Å². The molecule has 6 heteroatoms. The Hall–Kier alpha value is -1.85. The van der Waals surface area contributed by atoms with E-state index in [0.717, 1.165) is 57.8 Å². The molecule has 196 valence electrons. The van der Waals surface area contributed by atoms with E-state index in [1.54, 1.807) is 6.92 Å². The summed E-state index contributed by atoms with van der Waals surface area (Å²) in [6.07, 6.45) is 11.6. The van der Waals surface area contributed by atoms with Crippen LogP contribution in [0, 0.1) is 28.6 Å². The predicted octanol–water partition coefficient (Wildman–Crippen LogP) is 5.49. The van der Waals surface area contributed by atoms with Crippen molar-refractivity contribution in [1.82, 2.24) is 5.32 Å². The topological polar surface area (TPSA) is 81.7 Å². The summed E-state index contributed by atoms with van der Waals surface area (Å²) in [5.41, 5.74) is 1.54. The van der Waals surface area contributed by atoms with Crippen LogP contribution in [0.5, 0.6) is 0 Å². The van der Waals surface area contributed by atoms with Gasteiger partial charge in [0.15, 0.2) is 0 Å². The molecule has 3 fully saturated rings. The molecule has 1 amide bonds. The van der Waals surface area contributed by atoms with Gasteiger partial charge in [0.1, 0.15) is 12.2 Å². The van der Waals surface area contributed by atoms with Gasteiger partial charge in [0, 0.05) is 26.2 Å². The Bertz CT molecular complexity index is 867. The smallest absolute Gasteiger partial charge is 0.306 e. The number of ether oxygens (including phenoxy) is 2. The van der Waals surface area contributed by atoms with Crippen LogP contribution >= 0.6 is 0 Å². The van der Waals surface area contributed by atoms with Crippen LogP contribution in [0.2, 0.25) is 0 Å². The molecule has 4 aliphatic carbocycles. The zero-order chi connectivity index (χ0) is 25.4. The van der Waals surface area contributed by atoms with E-state index >= 15 is 0 Å². The zero-order valence-corrected chi connectivity index (χ0v) is 22.4. The third-order valence-electron chi connectivity index (χ3n) is 9.91. The van der Waals surface area contributed by atoms with Gasteiger partial charge in [-0.15, -0.1) is 0 Å². The van der Waals surface area contributed by atoms with Crippen molar-refractivity contribution in [3.63, 3.8) is 0 Å². The number of esters is 2. The van der Waals surface area contributed by atoms with Gasteiger partial charge in [-0.1, -0.05) is 39.3 Å². The second-order valence-electron chi connectivity index (χ2n) is 12.1. The number of carbonyl (C=O) groups excluding carboxylic acids is 3. The van der Waals surface area contributed by atoms with Gasteiger partial charge in [0.2, 0.25) is 5.91 Å². The molecule has 0 heterocycles. The van der Waals surface area contributed by atoms with Gasteiger partial charge in [-0.05, 0) is 80.0 Å². The first kappa shape index (κ1) is 26.2. The molecule has 4 aliphatic rings. The molecule has 3 saturated carbocycles.